The fourth-order valence-corrected chi connectivity index (χ4v) is 3.54. The minimum Gasteiger partial charge on any atom is -0.361 e. The molecule has 6 heteroatoms. The van der Waals surface area contributed by atoms with Crippen LogP contribution in [-0.2, 0) is 15.1 Å². The molecule has 0 radical (unpaired) electrons. The van der Waals surface area contributed by atoms with E-state index in [1.54, 1.807) is 43.8 Å². The highest BCUT2D eigenvalue weighted by Gasteiger charge is 2.64. The van der Waals surface area contributed by atoms with Crippen LogP contribution in [0, 0.1) is 5.82 Å². The van der Waals surface area contributed by atoms with Crippen molar-refractivity contribution in [1.82, 2.24) is 0 Å². The third-order valence-corrected chi connectivity index (χ3v) is 5.07. The molecule has 0 spiro atoms. The average Bonchev–Trinajstić information content (AvgIpc) is 2.82. The van der Waals surface area contributed by atoms with Crippen LogP contribution >= 0.6 is 11.8 Å². The van der Waals surface area contributed by atoms with E-state index in [2.05, 4.69) is 4.79 Å². The van der Waals surface area contributed by atoms with E-state index in [1.165, 1.54) is 18.2 Å². The molecule has 1 aliphatic rings. The van der Waals surface area contributed by atoms with Gasteiger partial charge in [0.1, 0.15) is 11.4 Å². The Bertz CT molecular complexity index is 889. The average molecular weight is 356 g/mol. The minimum atomic E-state index is -1.46. The van der Waals surface area contributed by atoms with Crippen molar-refractivity contribution in [2.24, 2.45) is 0 Å². The third kappa shape index (κ3) is 2.72. The summed E-state index contributed by atoms with van der Waals surface area (Å²) in [6.45, 7) is 3.22. The van der Waals surface area contributed by atoms with Crippen LogP contribution in [0.1, 0.15) is 25.0 Å². The molecule has 1 saturated heterocycles. The zero-order chi connectivity index (χ0) is 18.2. The molecule has 1 aliphatic heterocycles. The molecule has 0 aliphatic carbocycles. The minimum absolute atomic E-state index is 0.153. The second-order valence-electron chi connectivity index (χ2n) is 6.31. The van der Waals surface area contributed by atoms with E-state index in [4.69, 9.17) is 4.74 Å². The molecule has 1 unspecified atom stereocenters. The smallest absolute Gasteiger partial charge is 0.361 e. The number of Topliss-reactive ketones (excluding diaryl/α,β-unsaturated/α-hetero) is 1. The highest BCUT2D eigenvalue weighted by molar-refractivity contribution is 7.98. The van der Waals surface area contributed by atoms with Gasteiger partial charge in [0, 0.05) is 16.0 Å². The lowest BCUT2D eigenvalue weighted by molar-refractivity contribution is -0.132. The maximum Gasteiger partial charge on any atom is 0.378 e. The van der Waals surface area contributed by atoms with Crippen molar-refractivity contribution in [3.63, 3.8) is 0 Å². The van der Waals surface area contributed by atoms with Gasteiger partial charge in [-0.05, 0) is 44.4 Å². The van der Waals surface area contributed by atoms with E-state index in [-0.39, 0.29) is 5.71 Å². The predicted molar refractivity (Wildman–Crippen MR) is 94.2 cm³/mol. The number of hydrogen-bond acceptors (Lipinski definition) is 3. The van der Waals surface area contributed by atoms with Crippen molar-refractivity contribution in [3.05, 3.63) is 71.0 Å². The summed E-state index contributed by atoms with van der Waals surface area (Å²) in [5, 5.41) is 0. The number of halogens is 1. The zero-order valence-corrected chi connectivity index (χ0v) is 14.9. The SMILES string of the molecule is CSc1ccc(C2(c3cccc(F)c3)OC(C)(C)C(=O)C2=[N+]=[N-])cc1. The molecule has 1 heterocycles. The summed E-state index contributed by atoms with van der Waals surface area (Å²) < 4.78 is 20.0. The summed E-state index contributed by atoms with van der Waals surface area (Å²) in [6.07, 6.45) is 1.96. The normalized spacial score (nSPS) is 22.1. The van der Waals surface area contributed by atoms with Crippen molar-refractivity contribution >= 4 is 23.3 Å². The van der Waals surface area contributed by atoms with E-state index in [9.17, 15) is 14.7 Å². The molecule has 128 valence electrons. The van der Waals surface area contributed by atoms with Gasteiger partial charge >= 0.3 is 5.71 Å². The number of carbonyl (C=O) groups excluding carboxylic acids is 1. The predicted octanol–water partition coefficient (Wildman–Crippen LogP) is 3.84. The van der Waals surface area contributed by atoms with Gasteiger partial charge in [-0.1, -0.05) is 24.3 Å². The number of rotatable bonds is 3. The van der Waals surface area contributed by atoms with Crippen molar-refractivity contribution in [2.45, 2.75) is 29.9 Å². The number of hydrogen-bond donors (Lipinski definition) is 0. The maximum absolute atomic E-state index is 13.9. The van der Waals surface area contributed by atoms with Gasteiger partial charge in [0.25, 0.3) is 5.78 Å². The van der Waals surface area contributed by atoms with Gasteiger partial charge < -0.3 is 10.3 Å². The summed E-state index contributed by atoms with van der Waals surface area (Å²) in [6, 6.07) is 13.2. The first kappa shape index (κ1) is 17.5. The van der Waals surface area contributed by atoms with Crippen LogP contribution in [0.3, 0.4) is 0 Å². The van der Waals surface area contributed by atoms with Crippen LogP contribution in [0.15, 0.2) is 53.4 Å². The Hall–Kier alpha value is -2.27. The topological polar surface area (TPSA) is 62.7 Å². The summed E-state index contributed by atoms with van der Waals surface area (Å²) in [4.78, 5) is 17.0. The number of thioether (sulfide) groups is 1. The van der Waals surface area contributed by atoms with Crippen LogP contribution in [0.25, 0.3) is 5.53 Å². The first-order chi connectivity index (χ1) is 11.8. The Labute approximate surface area is 149 Å². The van der Waals surface area contributed by atoms with Gasteiger partial charge in [-0.2, -0.15) is 4.79 Å². The lowest BCUT2D eigenvalue weighted by Crippen LogP contribution is -2.37. The first-order valence-corrected chi connectivity index (χ1v) is 8.95. The summed E-state index contributed by atoms with van der Waals surface area (Å²) in [7, 11) is 0. The summed E-state index contributed by atoms with van der Waals surface area (Å²) in [5.74, 6) is -0.899. The standard InChI is InChI=1S/C19H17FN2O2S/c1-18(2)17(23)16(22-21)19(24-18,13-5-4-6-14(20)11-13)12-7-9-15(25-3)10-8-12/h4-11H,1-3H3. The molecule has 0 amide bonds. The molecule has 4 nitrogen and oxygen atoms in total. The molecule has 3 rings (SSSR count). The molecule has 0 bridgehead atoms. The number of ketones is 1. The number of ether oxygens (including phenoxy) is 1. The summed E-state index contributed by atoms with van der Waals surface area (Å²) in [5.41, 5.74) is 7.77. The third-order valence-electron chi connectivity index (χ3n) is 4.33. The number of benzene rings is 2. The maximum atomic E-state index is 13.9. The van der Waals surface area contributed by atoms with Gasteiger partial charge in [-0.15, -0.1) is 11.8 Å². The fourth-order valence-electron chi connectivity index (χ4n) is 3.13. The Morgan fingerprint density at radius 2 is 1.80 bits per heavy atom. The Kier molecular flexibility index (Phi) is 4.37. The van der Waals surface area contributed by atoms with Crippen molar-refractivity contribution in [1.29, 1.82) is 0 Å². The lowest BCUT2D eigenvalue weighted by atomic mass is 9.81. The molecule has 2 aromatic rings. The van der Waals surface area contributed by atoms with E-state index < -0.39 is 22.8 Å². The van der Waals surface area contributed by atoms with Crippen LogP contribution in [0.4, 0.5) is 4.39 Å². The van der Waals surface area contributed by atoms with Gasteiger partial charge in [0.15, 0.2) is 0 Å². The molecule has 1 atom stereocenters. The van der Waals surface area contributed by atoms with Crippen molar-refractivity contribution in [3.8, 4) is 0 Å². The lowest BCUT2D eigenvalue weighted by Gasteiger charge is -2.28. The Morgan fingerprint density at radius 1 is 1.12 bits per heavy atom. The highest BCUT2D eigenvalue weighted by atomic mass is 32.2. The Balaban J connectivity index is 2.33. The van der Waals surface area contributed by atoms with Crippen molar-refractivity contribution in [2.75, 3.05) is 6.26 Å². The largest absolute Gasteiger partial charge is 0.378 e. The monoisotopic (exact) mass is 356 g/mol. The zero-order valence-electron chi connectivity index (χ0n) is 14.1. The molecule has 1 fully saturated rings. The molecule has 2 aromatic carbocycles. The van der Waals surface area contributed by atoms with Crippen LogP contribution < -0.4 is 0 Å². The van der Waals surface area contributed by atoms with Crippen LogP contribution in [0.5, 0.6) is 0 Å². The second-order valence-corrected chi connectivity index (χ2v) is 7.19. The van der Waals surface area contributed by atoms with E-state index >= 15 is 0 Å². The summed E-state index contributed by atoms with van der Waals surface area (Å²) >= 11 is 1.58. The molecular weight excluding hydrogens is 339 g/mol. The van der Waals surface area contributed by atoms with Gasteiger partial charge in [0.05, 0.1) is 0 Å². The van der Waals surface area contributed by atoms with Crippen molar-refractivity contribution < 1.29 is 18.7 Å². The van der Waals surface area contributed by atoms with Crippen LogP contribution in [0.2, 0.25) is 0 Å². The first-order valence-electron chi connectivity index (χ1n) is 7.73. The molecule has 0 saturated carbocycles. The Morgan fingerprint density at radius 3 is 2.36 bits per heavy atom. The molecule has 25 heavy (non-hydrogen) atoms. The fraction of sp³-hybridized carbons (Fsp3) is 0.263. The molecule has 0 N–H and O–H groups in total. The van der Waals surface area contributed by atoms with E-state index in [1.807, 2.05) is 18.4 Å². The van der Waals surface area contributed by atoms with Crippen LogP contribution in [-0.4, -0.2) is 28.1 Å². The van der Waals surface area contributed by atoms with E-state index in [0.29, 0.717) is 11.1 Å². The van der Waals surface area contributed by atoms with Gasteiger partial charge in [-0.3, -0.25) is 4.79 Å². The highest BCUT2D eigenvalue weighted by Crippen LogP contribution is 2.45. The number of carbonyl (C=O) groups is 1. The second kappa shape index (κ2) is 6.23. The molecular formula is C19H17FN2O2S. The molecule has 0 aromatic heterocycles. The van der Waals surface area contributed by atoms with Gasteiger partial charge in [0.2, 0.25) is 5.60 Å². The van der Waals surface area contributed by atoms with Gasteiger partial charge in [-0.25, -0.2) is 4.39 Å². The quantitative estimate of drug-likeness (QED) is 0.477. The number of nitrogens with zero attached hydrogens (tertiary/aromatic N) is 2. The van der Waals surface area contributed by atoms with E-state index in [0.717, 1.165) is 4.90 Å².